The molecule has 0 fully saturated rings. The van der Waals surface area contributed by atoms with Crippen molar-refractivity contribution in [3.63, 3.8) is 0 Å². The van der Waals surface area contributed by atoms with E-state index in [2.05, 4.69) is 5.10 Å². The summed E-state index contributed by atoms with van der Waals surface area (Å²) in [5, 5.41) is 4.50. The van der Waals surface area contributed by atoms with Crippen molar-refractivity contribution in [1.82, 2.24) is 9.78 Å². The Hall–Kier alpha value is -0.780. The molecular formula is C8H14ClN3O2. The zero-order chi connectivity index (χ0) is 10.6. The lowest BCUT2D eigenvalue weighted by molar-refractivity contribution is 0.0840. The van der Waals surface area contributed by atoms with Crippen molar-refractivity contribution in [3.8, 4) is 0 Å². The molecule has 0 spiro atoms. The van der Waals surface area contributed by atoms with Crippen LogP contribution >= 0.6 is 11.6 Å². The average molecular weight is 220 g/mol. The Morgan fingerprint density at radius 2 is 2.07 bits per heavy atom. The molecule has 1 aromatic rings. The van der Waals surface area contributed by atoms with Crippen LogP contribution in [-0.4, -0.2) is 37.2 Å². The highest BCUT2D eigenvalue weighted by Crippen LogP contribution is 2.18. The molecule has 80 valence electrons. The van der Waals surface area contributed by atoms with Crippen molar-refractivity contribution in [2.24, 2.45) is 0 Å². The van der Waals surface area contributed by atoms with Crippen molar-refractivity contribution in [3.05, 3.63) is 11.2 Å². The summed E-state index contributed by atoms with van der Waals surface area (Å²) in [5.74, 6) is 0.323. The summed E-state index contributed by atoms with van der Waals surface area (Å²) in [7, 11) is 3.24. The fourth-order valence-corrected chi connectivity index (χ4v) is 1.29. The third kappa shape index (κ3) is 2.60. The van der Waals surface area contributed by atoms with Crippen LogP contribution in [0.25, 0.3) is 0 Å². The average Bonchev–Trinajstić information content (AvgIpc) is 2.47. The van der Waals surface area contributed by atoms with Crippen molar-refractivity contribution in [2.75, 3.05) is 33.2 Å². The number of nitrogens with two attached hydrogens (primary N) is 1. The molecule has 0 aliphatic carbocycles. The van der Waals surface area contributed by atoms with E-state index in [1.54, 1.807) is 25.1 Å². The van der Waals surface area contributed by atoms with Crippen molar-refractivity contribution in [1.29, 1.82) is 0 Å². The monoisotopic (exact) mass is 219 g/mol. The van der Waals surface area contributed by atoms with Crippen LogP contribution in [0.4, 0.5) is 5.82 Å². The van der Waals surface area contributed by atoms with E-state index in [0.29, 0.717) is 24.1 Å². The van der Waals surface area contributed by atoms with E-state index in [-0.39, 0.29) is 6.04 Å². The number of anilines is 1. The fourth-order valence-electron chi connectivity index (χ4n) is 1.16. The highest BCUT2D eigenvalue weighted by molar-refractivity contribution is 6.32. The Morgan fingerprint density at radius 3 is 2.43 bits per heavy atom. The second-order valence-electron chi connectivity index (χ2n) is 2.91. The fraction of sp³-hybridized carbons (Fsp3) is 0.625. The zero-order valence-corrected chi connectivity index (χ0v) is 8.99. The molecule has 6 heteroatoms. The molecule has 0 atom stereocenters. The first-order valence-electron chi connectivity index (χ1n) is 4.17. The summed E-state index contributed by atoms with van der Waals surface area (Å²) in [5.41, 5.74) is 5.53. The van der Waals surface area contributed by atoms with Crippen molar-refractivity contribution >= 4 is 17.4 Å². The largest absolute Gasteiger partial charge is 0.382 e. The Bertz CT molecular complexity index is 265. The number of nitrogen functional groups attached to an aromatic ring is 1. The van der Waals surface area contributed by atoms with E-state index in [1.807, 2.05) is 0 Å². The van der Waals surface area contributed by atoms with Gasteiger partial charge in [0.25, 0.3) is 0 Å². The molecule has 0 unspecified atom stereocenters. The predicted molar refractivity (Wildman–Crippen MR) is 54.4 cm³/mol. The maximum Gasteiger partial charge on any atom is 0.164 e. The lowest BCUT2D eigenvalue weighted by Crippen LogP contribution is -2.20. The standard InChI is InChI=1S/C8H14ClN3O2/c1-13-4-6(5-14-2)12-3-7(9)8(10)11-12/h3,6H,4-5H2,1-2H3,(H2,10,11). The molecule has 0 aliphatic heterocycles. The number of hydrogen-bond donors (Lipinski definition) is 1. The van der Waals surface area contributed by atoms with Crippen LogP contribution in [0.2, 0.25) is 5.02 Å². The molecule has 2 N–H and O–H groups in total. The van der Waals surface area contributed by atoms with Crippen LogP contribution in [-0.2, 0) is 9.47 Å². The Labute approximate surface area is 87.7 Å². The summed E-state index contributed by atoms with van der Waals surface area (Å²) in [6, 6.07) is -0.000185. The third-order valence-corrected chi connectivity index (χ3v) is 2.10. The first-order chi connectivity index (χ1) is 6.69. The van der Waals surface area contributed by atoms with Crippen LogP contribution in [0.3, 0.4) is 0 Å². The van der Waals surface area contributed by atoms with Crippen molar-refractivity contribution < 1.29 is 9.47 Å². The second kappa shape index (κ2) is 5.19. The van der Waals surface area contributed by atoms with Crippen molar-refractivity contribution in [2.45, 2.75) is 6.04 Å². The first kappa shape index (κ1) is 11.3. The highest BCUT2D eigenvalue weighted by Gasteiger charge is 2.13. The molecule has 0 saturated heterocycles. The third-order valence-electron chi connectivity index (χ3n) is 1.81. The van der Waals surface area contributed by atoms with Crippen LogP contribution in [0, 0.1) is 0 Å². The topological polar surface area (TPSA) is 62.3 Å². The van der Waals surface area contributed by atoms with Gasteiger partial charge in [-0.2, -0.15) is 5.10 Å². The summed E-state index contributed by atoms with van der Waals surface area (Å²) in [4.78, 5) is 0. The van der Waals surface area contributed by atoms with Crippen LogP contribution in [0.1, 0.15) is 6.04 Å². The normalized spacial score (nSPS) is 11.1. The van der Waals surface area contributed by atoms with Gasteiger partial charge in [-0.25, -0.2) is 0 Å². The molecule has 5 nitrogen and oxygen atoms in total. The van der Waals surface area contributed by atoms with Gasteiger partial charge >= 0.3 is 0 Å². The van der Waals surface area contributed by atoms with Crippen LogP contribution < -0.4 is 5.73 Å². The number of nitrogens with zero attached hydrogens (tertiary/aromatic N) is 2. The van der Waals surface area contributed by atoms with Gasteiger partial charge in [0.2, 0.25) is 0 Å². The first-order valence-corrected chi connectivity index (χ1v) is 4.54. The molecule has 1 rings (SSSR count). The van der Waals surface area contributed by atoms with Gasteiger partial charge in [-0.3, -0.25) is 4.68 Å². The molecule has 0 aliphatic rings. The Balaban J connectivity index is 2.76. The van der Waals surface area contributed by atoms with Gasteiger partial charge in [-0.15, -0.1) is 0 Å². The number of rotatable bonds is 5. The number of aromatic nitrogens is 2. The van der Waals surface area contributed by atoms with Crippen LogP contribution in [0.5, 0.6) is 0 Å². The van der Waals surface area contributed by atoms with Gasteiger partial charge in [0.1, 0.15) is 5.02 Å². The van der Waals surface area contributed by atoms with Gasteiger partial charge < -0.3 is 15.2 Å². The lowest BCUT2D eigenvalue weighted by Gasteiger charge is -2.14. The maximum atomic E-state index is 5.78. The van der Waals surface area contributed by atoms with E-state index in [1.165, 1.54) is 0 Å². The number of methoxy groups -OCH3 is 2. The van der Waals surface area contributed by atoms with E-state index in [4.69, 9.17) is 26.8 Å². The minimum Gasteiger partial charge on any atom is -0.382 e. The van der Waals surface area contributed by atoms with Gasteiger partial charge in [0.05, 0.1) is 19.3 Å². The van der Waals surface area contributed by atoms with Crippen LogP contribution in [0.15, 0.2) is 6.20 Å². The van der Waals surface area contributed by atoms with E-state index < -0.39 is 0 Å². The Kier molecular flexibility index (Phi) is 4.19. The minimum atomic E-state index is -0.000185. The molecule has 1 heterocycles. The molecule has 0 saturated carbocycles. The zero-order valence-electron chi connectivity index (χ0n) is 8.24. The minimum absolute atomic E-state index is 0.000185. The summed E-state index contributed by atoms with van der Waals surface area (Å²) in [6.45, 7) is 1.01. The maximum absolute atomic E-state index is 5.78. The predicted octanol–water partition coefficient (Wildman–Crippen LogP) is 0.953. The molecule has 0 bridgehead atoms. The van der Waals surface area contributed by atoms with E-state index in [0.717, 1.165) is 0 Å². The summed E-state index contributed by atoms with van der Waals surface area (Å²) >= 11 is 5.78. The molecule has 1 aromatic heterocycles. The highest BCUT2D eigenvalue weighted by atomic mass is 35.5. The van der Waals surface area contributed by atoms with Gasteiger partial charge in [0.15, 0.2) is 5.82 Å². The lowest BCUT2D eigenvalue weighted by atomic mass is 10.3. The SMILES string of the molecule is COCC(COC)n1cc(Cl)c(N)n1. The number of hydrogen-bond acceptors (Lipinski definition) is 4. The molecule has 14 heavy (non-hydrogen) atoms. The molecule has 0 aromatic carbocycles. The van der Waals surface area contributed by atoms with E-state index in [9.17, 15) is 0 Å². The van der Waals surface area contributed by atoms with Gasteiger partial charge in [-0.05, 0) is 0 Å². The summed E-state index contributed by atoms with van der Waals surface area (Å²) < 4.78 is 11.7. The van der Waals surface area contributed by atoms with Gasteiger partial charge in [0, 0.05) is 20.4 Å². The molecular weight excluding hydrogens is 206 g/mol. The Morgan fingerprint density at radius 1 is 1.50 bits per heavy atom. The van der Waals surface area contributed by atoms with Gasteiger partial charge in [-0.1, -0.05) is 11.6 Å². The number of halogens is 1. The quantitative estimate of drug-likeness (QED) is 0.801. The summed E-state index contributed by atoms with van der Waals surface area (Å²) in [6.07, 6.45) is 1.67. The second-order valence-corrected chi connectivity index (χ2v) is 3.31. The smallest absolute Gasteiger partial charge is 0.164 e. The molecule has 0 radical (unpaired) electrons. The number of ether oxygens (including phenoxy) is 2. The molecule has 0 amide bonds. The van der Waals surface area contributed by atoms with E-state index >= 15 is 0 Å².